The molecule has 0 saturated heterocycles. The third-order valence-electron chi connectivity index (χ3n) is 0.781. The molecule has 0 aliphatic carbocycles. The Morgan fingerprint density at radius 1 is 1.00 bits per heavy atom. The third kappa shape index (κ3) is 10.7. The fourth-order valence-electron chi connectivity index (χ4n) is 0.391. The quantitative estimate of drug-likeness (QED) is 0.643. The van der Waals surface area contributed by atoms with E-state index in [1.807, 2.05) is 0 Å². The minimum absolute atomic E-state index is 0. The topological polar surface area (TPSA) is 74.6 Å². The summed E-state index contributed by atoms with van der Waals surface area (Å²) in [6, 6.07) is 0. The zero-order valence-corrected chi connectivity index (χ0v) is 9.58. The first-order valence-electron chi connectivity index (χ1n) is 2.56. The molecule has 0 saturated carbocycles. The molecule has 0 heterocycles. The van der Waals surface area contributed by atoms with E-state index in [0.717, 1.165) is 0 Å². The van der Waals surface area contributed by atoms with Gasteiger partial charge >= 0.3 is 36.4 Å². The second-order valence-corrected chi connectivity index (χ2v) is 1.64. The normalized spacial score (nSPS) is 8.00. The molecule has 0 radical (unpaired) electrons. The molecule has 0 unspecified atom stereocenters. The van der Waals surface area contributed by atoms with Gasteiger partial charge in [0.2, 0.25) is 0 Å². The number of hydrogen-bond donors (Lipinski definition) is 2. The SMILES string of the molecule is O=C(O)CCCC(=O)O.[SbH3]. The summed E-state index contributed by atoms with van der Waals surface area (Å²) in [7, 11) is 0. The average Bonchev–Trinajstić information content (AvgIpc) is 1.63. The number of carbonyl (C=O) groups is 2. The van der Waals surface area contributed by atoms with Gasteiger partial charge in [-0.05, 0) is 6.42 Å². The minimum atomic E-state index is -0.948. The maximum absolute atomic E-state index is 9.79. The predicted octanol–water partition coefficient (Wildman–Crippen LogP) is -0.858. The number of hydrogen-bond acceptors (Lipinski definition) is 2. The van der Waals surface area contributed by atoms with E-state index in [1.54, 1.807) is 0 Å². The molecule has 2 N–H and O–H groups in total. The van der Waals surface area contributed by atoms with Gasteiger partial charge in [-0.2, -0.15) is 0 Å². The van der Waals surface area contributed by atoms with Crippen LogP contribution in [0.5, 0.6) is 0 Å². The number of carboxylic acid groups (broad SMARTS) is 2. The van der Waals surface area contributed by atoms with Gasteiger partial charge in [-0.15, -0.1) is 0 Å². The van der Waals surface area contributed by atoms with Crippen molar-refractivity contribution in [1.82, 2.24) is 0 Å². The number of carboxylic acids is 2. The van der Waals surface area contributed by atoms with Gasteiger partial charge in [0, 0.05) is 12.8 Å². The van der Waals surface area contributed by atoms with Gasteiger partial charge in [-0.3, -0.25) is 9.59 Å². The Labute approximate surface area is 75.7 Å². The van der Waals surface area contributed by atoms with Crippen molar-refractivity contribution in [2.75, 3.05) is 0 Å². The van der Waals surface area contributed by atoms with E-state index < -0.39 is 11.9 Å². The van der Waals surface area contributed by atoms with Crippen molar-refractivity contribution in [3.63, 3.8) is 0 Å². The fraction of sp³-hybridized carbons (Fsp3) is 0.600. The summed E-state index contributed by atoms with van der Waals surface area (Å²) in [4.78, 5) is 19.6. The van der Waals surface area contributed by atoms with Crippen LogP contribution < -0.4 is 0 Å². The van der Waals surface area contributed by atoms with Gasteiger partial charge in [0.05, 0.1) is 0 Å². The summed E-state index contributed by atoms with van der Waals surface area (Å²) in [6.07, 6.45) is 0.0866. The molecule has 10 heavy (non-hydrogen) atoms. The van der Waals surface area contributed by atoms with Crippen LogP contribution in [0.2, 0.25) is 0 Å². The Bertz CT molecular complexity index is 109. The molecular formula is C5H11O4Sb. The van der Waals surface area contributed by atoms with Gasteiger partial charge in [0.25, 0.3) is 0 Å². The van der Waals surface area contributed by atoms with Crippen molar-refractivity contribution in [2.45, 2.75) is 19.3 Å². The summed E-state index contributed by atoms with van der Waals surface area (Å²) in [5, 5.41) is 16.1. The van der Waals surface area contributed by atoms with E-state index in [0.29, 0.717) is 0 Å². The first-order valence-corrected chi connectivity index (χ1v) is 2.56. The van der Waals surface area contributed by atoms with Gasteiger partial charge in [0.1, 0.15) is 0 Å². The van der Waals surface area contributed by atoms with E-state index in [2.05, 4.69) is 0 Å². The monoisotopic (exact) mass is 256 g/mol. The van der Waals surface area contributed by atoms with Crippen LogP contribution in [0.3, 0.4) is 0 Å². The van der Waals surface area contributed by atoms with Gasteiger partial charge in [-0.25, -0.2) is 0 Å². The Balaban J connectivity index is 0. The summed E-state index contributed by atoms with van der Waals surface area (Å²) in [5.41, 5.74) is 0. The molecule has 0 aliphatic rings. The van der Waals surface area contributed by atoms with Crippen LogP contribution in [-0.2, 0) is 9.59 Å². The predicted molar refractivity (Wildman–Crippen MR) is 39.1 cm³/mol. The average molecular weight is 257 g/mol. The summed E-state index contributed by atoms with van der Waals surface area (Å²) in [5.74, 6) is -1.90. The van der Waals surface area contributed by atoms with E-state index in [-0.39, 0.29) is 43.7 Å². The molecule has 4 nitrogen and oxygen atoms in total. The standard InChI is InChI=1S/C5H8O4.Sb.3H/c6-4(7)2-1-3-5(8)9;;;;/h1-3H2,(H,6,7)(H,8,9);;;;. The molecule has 0 fully saturated rings. The molecule has 0 aromatic carbocycles. The summed E-state index contributed by atoms with van der Waals surface area (Å²) < 4.78 is 0. The molecule has 60 valence electrons. The Morgan fingerprint density at radius 3 is 1.50 bits per heavy atom. The van der Waals surface area contributed by atoms with Crippen molar-refractivity contribution in [1.29, 1.82) is 0 Å². The van der Waals surface area contributed by atoms with Crippen molar-refractivity contribution in [2.24, 2.45) is 0 Å². The van der Waals surface area contributed by atoms with Gasteiger partial charge in [-0.1, -0.05) is 0 Å². The zero-order valence-electron chi connectivity index (χ0n) is 5.54. The zero-order chi connectivity index (χ0) is 7.28. The fourth-order valence-corrected chi connectivity index (χ4v) is 0.391. The Kier molecular flexibility index (Phi) is 8.55. The first kappa shape index (κ1) is 12.4. The summed E-state index contributed by atoms with van der Waals surface area (Å²) >= 11 is 0. The second-order valence-electron chi connectivity index (χ2n) is 1.64. The summed E-state index contributed by atoms with van der Waals surface area (Å²) in [6.45, 7) is 0. The van der Waals surface area contributed by atoms with E-state index in [9.17, 15) is 9.59 Å². The molecule has 0 aliphatic heterocycles. The number of rotatable bonds is 4. The van der Waals surface area contributed by atoms with Crippen LogP contribution in [0.1, 0.15) is 19.3 Å². The number of aliphatic carboxylic acids is 2. The molecular weight excluding hydrogens is 246 g/mol. The molecule has 0 bridgehead atoms. The van der Waals surface area contributed by atoms with Crippen molar-refractivity contribution >= 4 is 36.4 Å². The van der Waals surface area contributed by atoms with E-state index in [1.165, 1.54) is 0 Å². The van der Waals surface area contributed by atoms with E-state index >= 15 is 0 Å². The molecule has 0 atom stereocenters. The van der Waals surface area contributed by atoms with Crippen molar-refractivity contribution in [3.8, 4) is 0 Å². The van der Waals surface area contributed by atoms with Crippen LogP contribution in [0, 0.1) is 0 Å². The van der Waals surface area contributed by atoms with Gasteiger partial charge in [0.15, 0.2) is 0 Å². The van der Waals surface area contributed by atoms with Gasteiger partial charge < -0.3 is 10.2 Å². The van der Waals surface area contributed by atoms with Crippen LogP contribution in [0.4, 0.5) is 0 Å². The molecule has 0 rings (SSSR count). The Morgan fingerprint density at radius 2 is 1.30 bits per heavy atom. The third-order valence-corrected chi connectivity index (χ3v) is 0.781. The second kappa shape index (κ2) is 6.87. The Hall–Kier alpha value is -0.242. The van der Waals surface area contributed by atoms with Crippen LogP contribution in [-0.4, -0.2) is 46.6 Å². The molecule has 0 aromatic rings. The first-order chi connectivity index (χ1) is 4.13. The van der Waals surface area contributed by atoms with Crippen LogP contribution in [0.15, 0.2) is 0 Å². The molecule has 0 aromatic heterocycles. The van der Waals surface area contributed by atoms with Crippen molar-refractivity contribution in [3.05, 3.63) is 0 Å². The van der Waals surface area contributed by atoms with E-state index in [4.69, 9.17) is 10.2 Å². The maximum atomic E-state index is 9.79. The van der Waals surface area contributed by atoms with Crippen molar-refractivity contribution < 1.29 is 19.8 Å². The molecule has 0 spiro atoms. The van der Waals surface area contributed by atoms with Crippen LogP contribution >= 0.6 is 0 Å². The molecule has 0 amide bonds. The molecule has 5 heteroatoms. The van der Waals surface area contributed by atoms with Crippen LogP contribution in [0.25, 0.3) is 0 Å².